The largest absolute Gasteiger partial charge is 0.483 e. The number of allylic oxidation sites excluding steroid dienone is 1. The normalized spacial score (nSPS) is 11.8. The van der Waals surface area contributed by atoms with E-state index in [4.69, 9.17) is 4.74 Å². The van der Waals surface area contributed by atoms with Crippen molar-refractivity contribution < 1.29 is 14.5 Å². The number of nitro groups is 1. The number of para-hydroxylation sites is 2. The molecule has 1 amide bonds. The molecule has 0 radical (unpaired) electrons. The summed E-state index contributed by atoms with van der Waals surface area (Å²) in [7, 11) is 0. The molecule has 10 heteroatoms. The van der Waals surface area contributed by atoms with Gasteiger partial charge in [0.25, 0.3) is 5.69 Å². The lowest BCUT2D eigenvalue weighted by molar-refractivity contribution is -0.383. The van der Waals surface area contributed by atoms with Crippen LogP contribution < -0.4 is 10.1 Å². The maximum atomic E-state index is 12.4. The molecule has 0 spiro atoms. The van der Waals surface area contributed by atoms with Gasteiger partial charge >= 0.3 is 0 Å². The second kappa shape index (κ2) is 11.5. The zero-order valence-electron chi connectivity index (χ0n) is 19.3. The van der Waals surface area contributed by atoms with Crippen LogP contribution in [0.25, 0.3) is 0 Å². The first-order chi connectivity index (χ1) is 16.3. The average Bonchev–Trinajstić information content (AvgIpc) is 3.21. The predicted molar refractivity (Wildman–Crippen MR) is 132 cm³/mol. The summed E-state index contributed by atoms with van der Waals surface area (Å²) in [5, 5.41) is 22.8. The Labute approximate surface area is 202 Å². The van der Waals surface area contributed by atoms with Gasteiger partial charge in [-0.05, 0) is 36.6 Å². The van der Waals surface area contributed by atoms with Crippen LogP contribution in [0.1, 0.15) is 44.2 Å². The van der Waals surface area contributed by atoms with Crippen molar-refractivity contribution in [2.75, 3.05) is 11.1 Å². The molecule has 1 atom stereocenters. The number of carbonyl (C=O) groups is 1. The molecule has 0 aliphatic heterocycles. The molecule has 1 aromatic heterocycles. The zero-order chi connectivity index (χ0) is 24.7. The molecule has 9 nitrogen and oxygen atoms in total. The van der Waals surface area contributed by atoms with Crippen molar-refractivity contribution in [2.24, 2.45) is 0 Å². The highest BCUT2D eigenvalue weighted by atomic mass is 32.2. The lowest BCUT2D eigenvalue weighted by Crippen LogP contribution is -2.16. The summed E-state index contributed by atoms with van der Waals surface area (Å²) in [6.45, 7) is 10.4. The van der Waals surface area contributed by atoms with Gasteiger partial charge in [0.2, 0.25) is 5.91 Å². The molecule has 1 unspecified atom stereocenters. The Hall–Kier alpha value is -3.66. The first-order valence-corrected chi connectivity index (χ1v) is 11.7. The fourth-order valence-electron chi connectivity index (χ4n) is 3.25. The van der Waals surface area contributed by atoms with E-state index >= 15 is 0 Å². The summed E-state index contributed by atoms with van der Waals surface area (Å²) in [4.78, 5) is 23.0. The van der Waals surface area contributed by atoms with E-state index < -0.39 is 4.92 Å². The van der Waals surface area contributed by atoms with Gasteiger partial charge in [0.1, 0.15) is 11.4 Å². The number of amides is 1. The summed E-state index contributed by atoms with van der Waals surface area (Å²) in [5.74, 6) is 1.39. The molecular formula is C24H27N5O4S. The minimum atomic E-state index is -0.534. The van der Waals surface area contributed by atoms with E-state index in [-0.39, 0.29) is 29.1 Å². The van der Waals surface area contributed by atoms with Crippen molar-refractivity contribution in [2.45, 2.75) is 44.5 Å². The number of hydrogen-bond acceptors (Lipinski definition) is 7. The lowest BCUT2D eigenvalue weighted by Gasteiger charge is -2.16. The summed E-state index contributed by atoms with van der Waals surface area (Å²) in [6, 6.07) is 13.9. The number of hydrogen-bond donors (Lipinski definition) is 1. The molecule has 1 N–H and O–H groups in total. The molecular weight excluding hydrogens is 454 g/mol. The third-order valence-electron chi connectivity index (χ3n) is 4.99. The molecule has 0 aliphatic carbocycles. The standard InChI is InChI=1S/C24H27N5O4S/c1-5-14-28-23(17(4)33-19-12-10-18(11-13-19)16(2)3)26-27-24(28)34-15-22(30)25-20-8-6-7-9-21(20)29(31)32/h5-13,16-17H,1,14-15H2,2-4H3,(H,25,30). The van der Waals surface area contributed by atoms with E-state index in [1.54, 1.807) is 18.2 Å². The van der Waals surface area contributed by atoms with Crippen LogP contribution in [0, 0.1) is 10.1 Å². The highest BCUT2D eigenvalue weighted by Gasteiger charge is 2.21. The van der Waals surface area contributed by atoms with Crippen molar-refractivity contribution >= 4 is 29.0 Å². The number of aromatic nitrogens is 3. The summed E-state index contributed by atoms with van der Waals surface area (Å²) in [6.07, 6.45) is 1.33. The summed E-state index contributed by atoms with van der Waals surface area (Å²) in [5.41, 5.74) is 1.22. The minimum absolute atomic E-state index is 0.00717. The Kier molecular flexibility index (Phi) is 8.42. The Morgan fingerprint density at radius 1 is 1.21 bits per heavy atom. The van der Waals surface area contributed by atoms with Crippen molar-refractivity contribution in [3.8, 4) is 5.75 Å². The maximum absolute atomic E-state index is 12.4. The van der Waals surface area contributed by atoms with Gasteiger partial charge in [0, 0.05) is 12.6 Å². The topological polar surface area (TPSA) is 112 Å². The molecule has 3 aromatic rings. The zero-order valence-corrected chi connectivity index (χ0v) is 20.1. The van der Waals surface area contributed by atoms with E-state index in [0.717, 1.165) is 5.75 Å². The smallest absolute Gasteiger partial charge is 0.292 e. The van der Waals surface area contributed by atoms with Crippen LogP contribution in [0.2, 0.25) is 0 Å². The molecule has 0 fully saturated rings. The number of nitrogens with zero attached hydrogens (tertiary/aromatic N) is 4. The van der Waals surface area contributed by atoms with Crippen molar-refractivity contribution in [3.63, 3.8) is 0 Å². The molecule has 0 saturated carbocycles. The molecule has 34 heavy (non-hydrogen) atoms. The van der Waals surface area contributed by atoms with E-state index in [1.807, 2.05) is 35.8 Å². The first kappa shape index (κ1) is 25.0. The maximum Gasteiger partial charge on any atom is 0.292 e. The number of rotatable bonds is 11. The fourth-order valence-corrected chi connectivity index (χ4v) is 4.01. The quantitative estimate of drug-likeness (QED) is 0.170. The van der Waals surface area contributed by atoms with Gasteiger partial charge in [0.05, 0.1) is 10.7 Å². The van der Waals surface area contributed by atoms with Crippen LogP contribution in [-0.4, -0.2) is 31.3 Å². The van der Waals surface area contributed by atoms with Crippen molar-refractivity contribution in [3.05, 3.63) is 82.7 Å². The third kappa shape index (κ3) is 6.22. The monoisotopic (exact) mass is 481 g/mol. The summed E-state index contributed by atoms with van der Waals surface area (Å²) >= 11 is 1.18. The van der Waals surface area contributed by atoms with Crippen LogP contribution in [0.15, 0.2) is 66.3 Å². The Bertz CT molecular complexity index is 1160. The van der Waals surface area contributed by atoms with Gasteiger partial charge in [-0.1, -0.05) is 56.0 Å². The first-order valence-electron chi connectivity index (χ1n) is 10.8. The molecule has 1 heterocycles. The van der Waals surface area contributed by atoms with Gasteiger partial charge in [-0.25, -0.2) is 0 Å². The van der Waals surface area contributed by atoms with E-state index in [2.05, 4.69) is 35.9 Å². The number of ether oxygens (including phenoxy) is 1. The highest BCUT2D eigenvalue weighted by Crippen LogP contribution is 2.27. The molecule has 2 aromatic carbocycles. The van der Waals surface area contributed by atoms with Crippen LogP contribution >= 0.6 is 11.8 Å². The highest BCUT2D eigenvalue weighted by molar-refractivity contribution is 7.99. The fraction of sp³-hybridized carbons (Fsp3) is 0.292. The van der Waals surface area contributed by atoms with E-state index in [1.165, 1.54) is 29.5 Å². The Morgan fingerprint density at radius 3 is 2.56 bits per heavy atom. The second-order valence-electron chi connectivity index (χ2n) is 7.83. The van der Waals surface area contributed by atoms with Crippen LogP contribution in [0.5, 0.6) is 5.75 Å². The van der Waals surface area contributed by atoms with Gasteiger partial charge in [-0.3, -0.25) is 19.5 Å². The van der Waals surface area contributed by atoms with E-state index in [9.17, 15) is 14.9 Å². The minimum Gasteiger partial charge on any atom is -0.483 e. The lowest BCUT2D eigenvalue weighted by atomic mass is 10.0. The number of nitro benzene ring substituents is 1. The van der Waals surface area contributed by atoms with Crippen LogP contribution in [0.4, 0.5) is 11.4 Å². The number of anilines is 1. The molecule has 0 saturated heterocycles. The average molecular weight is 482 g/mol. The number of carbonyl (C=O) groups excluding carboxylic acids is 1. The van der Waals surface area contributed by atoms with Gasteiger partial charge in [0.15, 0.2) is 17.1 Å². The SMILES string of the molecule is C=CCn1c(SCC(=O)Nc2ccccc2[N+](=O)[O-])nnc1C(C)Oc1ccc(C(C)C)cc1. The van der Waals surface area contributed by atoms with Crippen LogP contribution in [0.3, 0.4) is 0 Å². The predicted octanol–water partition coefficient (Wildman–Crippen LogP) is 5.37. The molecule has 0 aliphatic rings. The molecule has 3 rings (SSSR count). The molecule has 178 valence electrons. The van der Waals surface area contributed by atoms with Crippen LogP contribution in [-0.2, 0) is 11.3 Å². The molecule has 0 bridgehead atoms. The van der Waals surface area contributed by atoms with Gasteiger partial charge in [-0.2, -0.15) is 0 Å². The number of nitrogens with one attached hydrogen (secondary N) is 1. The number of thioether (sulfide) groups is 1. The van der Waals surface area contributed by atoms with Gasteiger partial charge < -0.3 is 10.1 Å². The van der Waals surface area contributed by atoms with E-state index in [0.29, 0.717) is 23.4 Å². The third-order valence-corrected chi connectivity index (χ3v) is 5.95. The van der Waals surface area contributed by atoms with Crippen molar-refractivity contribution in [1.82, 2.24) is 14.8 Å². The Morgan fingerprint density at radius 2 is 1.91 bits per heavy atom. The summed E-state index contributed by atoms with van der Waals surface area (Å²) < 4.78 is 7.90. The van der Waals surface area contributed by atoms with Gasteiger partial charge in [-0.15, -0.1) is 16.8 Å². The second-order valence-corrected chi connectivity index (χ2v) is 8.78. The Balaban J connectivity index is 1.68. The number of benzene rings is 2. The van der Waals surface area contributed by atoms with Crippen molar-refractivity contribution in [1.29, 1.82) is 0 Å².